The number of halogens is 2. The standard InChI is InChI=1S/C19H13BrN5O2.ClH/c20-15-8-6-14(7-9-15)19-21-23(16-4-2-1-3-5-16)24(22-19)17-10-12-18(13-11-17)25(26)27;/h1-13H;1H/q+1;/p-1. The molecule has 0 amide bonds. The summed E-state index contributed by atoms with van der Waals surface area (Å²) in [5.41, 5.74) is 2.38. The van der Waals surface area contributed by atoms with Gasteiger partial charge in [0.25, 0.3) is 5.69 Å². The molecule has 9 heteroatoms. The SMILES string of the molecule is O=[N+]([O-])c1ccc(-[n+]2nc(-c3ccc(Br)cc3)nn2-c2ccccc2)cc1.[Cl-]. The van der Waals surface area contributed by atoms with Crippen molar-refractivity contribution in [1.82, 2.24) is 15.0 Å². The predicted molar refractivity (Wildman–Crippen MR) is 103 cm³/mol. The average Bonchev–Trinajstić information content (AvgIpc) is 3.15. The van der Waals surface area contributed by atoms with Crippen molar-refractivity contribution in [3.63, 3.8) is 0 Å². The Hall–Kier alpha value is -3.10. The zero-order chi connectivity index (χ0) is 18.8. The maximum Gasteiger partial charge on any atom is 0.340 e. The van der Waals surface area contributed by atoms with E-state index in [-0.39, 0.29) is 18.1 Å². The number of tetrazole rings is 1. The minimum atomic E-state index is -0.427. The van der Waals surface area contributed by atoms with Crippen LogP contribution in [0.2, 0.25) is 0 Å². The third kappa shape index (κ3) is 3.92. The molecule has 0 spiro atoms. The second-order valence-corrected chi connectivity index (χ2v) is 6.63. The summed E-state index contributed by atoms with van der Waals surface area (Å²) in [5, 5.41) is 20.2. The summed E-state index contributed by atoms with van der Waals surface area (Å²) in [6.07, 6.45) is 0. The highest BCUT2D eigenvalue weighted by Crippen LogP contribution is 2.19. The van der Waals surface area contributed by atoms with Gasteiger partial charge in [0, 0.05) is 21.4 Å². The molecule has 0 unspecified atom stereocenters. The van der Waals surface area contributed by atoms with Gasteiger partial charge in [0.2, 0.25) is 0 Å². The lowest BCUT2D eigenvalue weighted by molar-refractivity contribution is -0.734. The first-order valence-electron chi connectivity index (χ1n) is 8.08. The molecule has 4 rings (SSSR count). The van der Waals surface area contributed by atoms with Gasteiger partial charge >= 0.3 is 5.82 Å². The molecule has 0 aliphatic carbocycles. The Labute approximate surface area is 174 Å². The summed E-state index contributed by atoms with van der Waals surface area (Å²) in [6.45, 7) is 0. The van der Waals surface area contributed by atoms with E-state index in [0.717, 1.165) is 15.7 Å². The Balaban J connectivity index is 0.00000225. The Kier molecular flexibility index (Phi) is 5.81. The van der Waals surface area contributed by atoms with Gasteiger partial charge in [-0.1, -0.05) is 34.1 Å². The molecular formula is C19H13BrClN5O2. The maximum absolute atomic E-state index is 10.9. The normalized spacial score (nSPS) is 10.3. The Bertz CT molecular complexity index is 1100. The Morgan fingerprint density at radius 2 is 1.57 bits per heavy atom. The maximum atomic E-state index is 10.9. The van der Waals surface area contributed by atoms with E-state index < -0.39 is 4.92 Å². The van der Waals surface area contributed by atoms with E-state index in [1.54, 1.807) is 21.7 Å². The number of benzene rings is 3. The van der Waals surface area contributed by atoms with Gasteiger partial charge in [0.15, 0.2) is 5.69 Å². The van der Waals surface area contributed by atoms with Crippen molar-refractivity contribution in [3.8, 4) is 22.8 Å². The van der Waals surface area contributed by atoms with Crippen LogP contribution in [0.5, 0.6) is 0 Å². The van der Waals surface area contributed by atoms with Crippen LogP contribution in [-0.2, 0) is 0 Å². The van der Waals surface area contributed by atoms with Crippen molar-refractivity contribution >= 4 is 21.6 Å². The fraction of sp³-hybridized carbons (Fsp3) is 0. The third-order valence-corrected chi connectivity index (χ3v) is 4.47. The fourth-order valence-electron chi connectivity index (χ4n) is 2.60. The van der Waals surface area contributed by atoms with Crippen LogP contribution in [0, 0.1) is 10.1 Å². The molecule has 0 fully saturated rings. The lowest BCUT2D eigenvalue weighted by Crippen LogP contribution is -3.00. The molecular weight excluding hydrogens is 446 g/mol. The van der Waals surface area contributed by atoms with Crippen LogP contribution < -0.4 is 17.2 Å². The number of non-ortho nitro benzene ring substituents is 1. The third-order valence-electron chi connectivity index (χ3n) is 3.94. The summed E-state index contributed by atoms with van der Waals surface area (Å²) in [4.78, 5) is 13.8. The van der Waals surface area contributed by atoms with Crippen LogP contribution in [0.25, 0.3) is 22.8 Å². The van der Waals surface area contributed by atoms with Gasteiger partial charge in [-0.25, -0.2) is 0 Å². The van der Waals surface area contributed by atoms with Gasteiger partial charge in [0.05, 0.1) is 15.6 Å². The highest BCUT2D eigenvalue weighted by atomic mass is 79.9. The lowest BCUT2D eigenvalue weighted by Gasteiger charge is -1.99. The molecule has 0 aliphatic rings. The van der Waals surface area contributed by atoms with Gasteiger partial charge in [-0.15, -0.1) is 0 Å². The van der Waals surface area contributed by atoms with Crippen molar-refractivity contribution in [3.05, 3.63) is 93.4 Å². The predicted octanol–water partition coefficient (Wildman–Crippen LogP) is 0.886. The molecule has 140 valence electrons. The van der Waals surface area contributed by atoms with Crippen LogP contribution in [-0.4, -0.2) is 19.9 Å². The van der Waals surface area contributed by atoms with Crippen LogP contribution in [0.4, 0.5) is 5.69 Å². The van der Waals surface area contributed by atoms with Crippen LogP contribution in [0.1, 0.15) is 0 Å². The average molecular weight is 459 g/mol. The highest BCUT2D eigenvalue weighted by Gasteiger charge is 2.23. The lowest BCUT2D eigenvalue weighted by atomic mass is 10.2. The van der Waals surface area contributed by atoms with Crippen LogP contribution >= 0.6 is 15.9 Å². The molecule has 28 heavy (non-hydrogen) atoms. The minimum absolute atomic E-state index is 0. The van der Waals surface area contributed by atoms with Crippen LogP contribution in [0.3, 0.4) is 0 Å². The first-order valence-corrected chi connectivity index (χ1v) is 8.87. The summed E-state index contributed by atoms with van der Waals surface area (Å²) in [7, 11) is 0. The van der Waals surface area contributed by atoms with E-state index in [4.69, 9.17) is 0 Å². The molecule has 1 aromatic heterocycles. The molecule has 3 aromatic carbocycles. The van der Waals surface area contributed by atoms with Crippen molar-refractivity contribution in [1.29, 1.82) is 0 Å². The molecule has 4 aromatic rings. The molecule has 7 nitrogen and oxygen atoms in total. The second-order valence-electron chi connectivity index (χ2n) is 5.72. The van der Waals surface area contributed by atoms with E-state index in [1.807, 2.05) is 54.6 Å². The summed E-state index contributed by atoms with van der Waals surface area (Å²) in [6, 6.07) is 23.5. The Morgan fingerprint density at radius 3 is 2.18 bits per heavy atom. The number of para-hydroxylation sites is 1. The number of nitro groups is 1. The van der Waals surface area contributed by atoms with Crippen molar-refractivity contribution < 1.29 is 22.1 Å². The van der Waals surface area contributed by atoms with Crippen molar-refractivity contribution in [2.45, 2.75) is 0 Å². The zero-order valence-electron chi connectivity index (χ0n) is 14.3. The van der Waals surface area contributed by atoms with Gasteiger partial charge < -0.3 is 12.4 Å². The quantitative estimate of drug-likeness (QED) is 0.258. The molecule has 0 N–H and O–H groups in total. The van der Waals surface area contributed by atoms with E-state index in [0.29, 0.717) is 11.5 Å². The number of nitro benzene ring substituents is 1. The molecule has 0 atom stereocenters. The van der Waals surface area contributed by atoms with Gasteiger partial charge in [-0.3, -0.25) is 10.1 Å². The van der Waals surface area contributed by atoms with Gasteiger partial charge in [-0.05, 0) is 58.4 Å². The Morgan fingerprint density at radius 1 is 0.929 bits per heavy atom. The number of hydrogen-bond donors (Lipinski definition) is 0. The second kappa shape index (κ2) is 8.28. The van der Waals surface area contributed by atoms with Gasteiger partial charge in [-0.2, -0.15) is 0 Å². The fourth-order valence-corrected chi connectivity index (χ4v) is 2.87. The van der Waals surface area contributed by atoms with Crippen molar-refractivity contribution in [2.24, 2.45) is 0 Å². The smallest absolute Gasteiger partial charge is 0.340 e. The minimum Gasteiger partial charge on any atom is -1.00 e. The molecule has 0 bridgehead atoms. The van der Waals surface area contributed by atoms with E-state index in [9.17, 15) is 10.1 Å². The summed E-state index contributed by atoms with van der Waals surface area (Å²) >= 11 is 3.42. The highest BCUT2D eigenvalue weighted by molar-refractivity contribution is 9.10. The van der Waals surface area contributed by atoms with Gasteiger partial charge in [0.1, 0.15) is 5.69 Å². The molecule has 1 heterocycles. The van der Waals surface area contributed by atoms with E-state index in [2.05, 4.69) is 26.1 Å². The number of rotatable bonds is 4. The molecule has 0 saturated carbocycles. The largest absolute Gasteiger partial charge is 1.00 e. The van der Waals surface area contributed by atoms with E-state index in [1.165, 1.54) is 12.1 Å². The molecule has 0 saturated heterocycles. The topological polar surface area (TPSA) is 77.7 Å². The summed E-state index contributed by atoms with van der Waals surface area (Å²) < 4.78 is 0.969. The van der Waals surface area contributed by atoms with Crippen LogP contribution in [0.15, 0.2) is 83.3 Å². The monoisotopic (exact) mass is 457 g/mol. The number of nitrogens with zero attached hydrogens (tertiary/aromatic N) is 5. The first-order chi connectivity index (χ1) is 13.1. The molecule has 0 radical (unpaired) electrons. The summed E-state index contributed by atoms with van der Waals surface area (Å²) in [5.74, 6) is 0.546. The first kappa shape index (κ1) is 19.7. The number of hydrogen-bond acceptors (Lipinski definition) is 4. The number of aromatic nitrogens is 4. The van der Waals surface area contributed by atoms with E-state index >= 15 is 0 Å². The van der Waals surface area contributed by atoms with Crippen molar-refractivity contribution in [2.75, 3.05) is 0 Å². The molecule has 0 aliphatic heterocycles. The zero-order valence-corrected chi connectivity index (χ0v) is 16.7.